The number of carbonyl (C=O) groups excluding carboxylic acids is 3. The van der Waals surface area contributed by atoms with E-state index in [0.29, 0.717) is 0 Å². The third kappa shape index (κ3) is 21800. The molecule has 14 heavy (non-hydrogen) atoms. The standard InChI is InChI=1S/3C2H4O2.Hg.Pb/c3*1-2(3)4;;/h3*1H3,(H,3,4);;/q;;;+1;+2/p-3. The molecule has 0 fully saturated rings. The first kappa shape index (κ1) is 29.2. The van der Waals surface area contributed by atoms with Crippen molar-refractivity contribution >= 4 is 45.2 Å². The zero-order valence-corrected chi connectivity index (χ0v) is 17.5. The number of carboxylic acid groups (broad SMARTS) is 3. The molecule has 0 atom stereocenters. The number of hydrogen-bond acceptors (Lipinski definition) is 6. The Hall–Kier alpha value is 0.267. The Morgan fingerprint density at radius 1 is 0.714 bits per heavy atom. The van der Waals surface area contributed by atoms with Crippen molar-refractivity contribution in [3.05, 3.63) is 0 Å². The summed E-state index contributed by atoms with van der Waals surface area (Å²) in [6.07, 6.45) is 0. The topological polar surface area (TPSA) is 120 Å². The Bertz CT molecular complexity index is 120. The van der Waals surface area contributed by atoms with Gasteiger partial charge >= 0.3 is 55.0 Å². The smallest absolute Gasteiger partial charge is 0.550 e. The minimum atomic E-state index is -1.08. The van der Waals surface area contributed by atoms with Crippen LogP contribution in [0, 0.1) is 0 Å². The summed E-state index contributed by atoms with van der Waals surface area (Å²) >= 11 is 0. The third-order valence-corrected chi connectivity index (χ3v) is 0. The molecule has 0 spiro atoms. The van der Waals surface area contributed by atoms with Crippen molar-refractivity contribution in [1.82, 2.24) is 0 Å². The van der Waals surface area contributed by atoms with Gasteiger partial charge in [-0.2, -0.15) is 0 Å². The van der Waals surface area contributed by atoms with Gasteiger partial charge in [-0.25, -0.2) is 0 Å². The quantitative estimate of drug-likeness (QED) is 0.267. The minimum absolute atomic E-state index is 0. The molecule has 0 aromatic carbocycles. The van der Waals surface area contributed by atoms with Gasteiger partial charge in [0, 0.05) is 17.9 Å². The predicted molar refractivity (Wildman–Crippen MR) is 37.8 cm³/mol. The van der Waals surface area contributed by atoms with Gasteiger partial charge in [-0.3, -0.25) is 0 Å². The maximum atomic E-state index is 8.89. The van der Waals surface area contributed by atoms with E-state index in [0.717, 1.165) is 20.8 Å². The molecule has 0 aliphatic carbocycles. The molecule has 0 aliphatic rings. The molecule has 0 saturated heterocycles. The molecular formula is C6H9HgO6Pb. The number of hydrogen-bond donors (Lipinski definition) is 0. The van der Waals surface area contributed by atoms with Gasteiger partial charge in [0.25, 0.3) is 0 Å². The van der Waals surface area contributed by atoms with Gasteiger partial charge in [0.1, 0.15) is 0 Å². The van der Waals surface area contributed by atoms with Crippen LogP contribution in [-0.4, -0.2) is 45.2 Å². The fourth-order valence-corrected chi connectivity index (χ4v) is 0. The fourth-order valence-electron chi connectivity index (χ4n) is 0. The number of carboxylic acids is 3. The van der Waals surface area contributed by atoms with Crippen LogP contribution in [-0.2, 0) is 42.1 Å². The Morgan fingerprint density at radius 3 is 0.714 bits per heavy atom. The molecule has 75 valence electrons. The zero-order chi connectivity index (χ0) is 10.7. The SMILES string of the molecule is CC(=O)[O-].CC(=O)[O-].CC(=O)[O-].[Hg+].[Pb+2]. The molecule has 0 rings (SSSR count). The van der Waals surface area contributed by atoms with E-state index in [-0.39, 0.29) is 55.0 Å². The molecule has 6 nitrogen and oxygen atoms in total. The zero-order valence-electron chi connectivity index (χ0n) is 8.16. The van der Waals surface area contributed by atoms with Gasteiger partial charge in [-0.05, 0) is 20.8 Å². The predicted octanol–water partition coefficient (Wildman–Crippen LogP) is -4.11. The van der Waals surface area contributed by atoms with Gasteiger partial charge in [0.2, 0.25) is 0 Å². The van der Waals surface area contributed by atoms with Gasteiger partial charge in [-0.1, -0.05) is 0 Å². The molecule has 0 amide bonds. The fraction of sp³-hybridized carbons (Fsp3) is 0.500. The van der Waals surface area contributed by atoms with Gasteiger partial charge in [-0.15, -0.1) is 0 Å². The second kappa shape index (κ2) is 23.2. The van der Waals surface area contributed by atoms with Gasteiger partial charge in [0.15, 0.2) is 0 Å². The maximum absolute atomic E-state index is 8.89. The van der Waals surface area contributed by atoms with Crippen LogP contribution in [0.25, 0.3) is 0 Å². The maximum Gasteiger partial charge on any atom is 2.00 e. The van der Waals surface area contributed by atoms with Crippen LogP contribution < -0.4 is 15.3 Å². The molecule has 0 heterocycles. The molecule has 8 heteroatoms. The first-order valence-electron chi connectivity index (χ1n) is 2.72. The van der Waals surface area contributed by atoms with E-state index in [1.54, 1.807) is 0 Å². The summed E-state index contributed by atoms with van der Waals surface area (Å²) in [5.41, 5.74) is 0. The molecule has 0 N–H and O–H groups in total. The van der Waals surface area contributed by atoms with Crippen LogP contribution in [0.1, 0.15) is 20.8 Å². The molecule has 0 bridgehead atoms. The molecule has 0 saturated carbocycles. The first-order valence-corrected chi connectivity index (χ1v) is 2.72. The third-order valence-electron chi connectivity index (χ3n) is 0. The van der Waals surface area contributed by atoms with E-state index in [2.05, 4.69) is 0 Å². The number of rotatable bonds is 0. The van der Waals surface area contributed by atoms with Crippen LogP contribution in [0.15, 0.2) is 0 Å². The first-order chi connectivity index (χ1) is 5.20. The van der Waals surface area contributed by atoms with Crippen molar-refractivity contribution in [2.75, 3.05) is 0 Å². The summed E-state index contributed by atoms with van der Waals surface area (Å²) < 4.78 is 0. The minimum Gasteiger partial charge on any atom is -0.550 e. The molecule has 0 unspecified atom stereocenters. The average Bonchev–Trinajstić information content (AvgIpc) is 1.54. The van der Waals surface area contributed by atoms with E-state index in [4.69, 9.17) is 29.7 Å². The molecule has 3 radical (unpaired) electrons. The average molecular weight is 585 g/mol. The van der Waals surface area contributed by atoms with E-state index >= 15 is 0 Å². The van der Waals surface area contributed by atoms with E-state index in [1.807, 2.05) is 0 Å². The molecular weight excluding hydrogens is 576 g/mol. The monoisotopic (exact) mass is 587 g/mol. The van der Waals surface area contributed by atoms with Crippen LogP contribution in [0.4, 0.5) is 0 Å². The van der Waals surface area contributed by atoms with Crippen LogP contribution in [0.5, 0.6) is 0 Å². The van der Waals surface area contributed by atoms with Gasteiger partial charge < -0.3 is 29.7 Å². The Labute approximate surface area is 122 Å². The van der Waals surface area contributed by atoms with Crippen molar-refractivity contribution in [2.24, 2.45) is 0 Å². The van der Waals surface area contributed by atoms with Crippen LogP contribution in [0.3, 0.4) is 0 Å². The summed E-state index contributed by atoms with van der Waals surface area (Å²) in [5.74, 6) is -3.25. The van der Waals surface area contributed by atoms with Crippen molar-refractivity contribution in [1.29, 1.82) is 0 Å². The Balaban J connectivity index is -0.0000000270. The van der Waals surface area contributed by atoms with E-state index in [9.17, 15) is 0 Å². The van der Waals surface area contributed by atoms with E-state index in [1.165, 1.54) is 0 Å². The van der Waals surface area contributed by atoms with Crippen molar-refractivity contribution in [3.63, 3.8) is 0 Å². The number of carbonyl (C=O) groups is 3. The Kier molecular flexibility index (Phi) is 48.6. The second-order valence-electron chi connectivity index (χ2n) is 1.47. The van der Waals surface area contributed by atoms with Crippen molar-refractivity contribution in [3.8, 4) is 0 Å². The Morgan fingerprint density at radius 2 is 0.714 bits per heavy atom. The normalized spacial score (nSPS) is 5.36. The summed E-state index contributed by atoms with van der Waals surface area (Å²) in [7, 11) is 0. The molecule has 0 aromatic rings. The van der Waals surface area contributed by atoms with Crippen LogP contribution >= 0.6 is 0 Å². The second-order valence-corrected chi connectivity index (χ2v) is 1.47. The summed E-state index contributed by atoms with van der Waals surface area (Å²) in [5, 5.41) is 26.7. The van der Waals surface area contributed by atoms with Crippen LogP contribution in [0.2, 0.25) is 0 Å². The van der Waals surface area contributed by atoms with E-state index < -0.39 is 17.9 Å². The van der Waals surface area contributed by atoms with Crippen molar-refractivity contribution in [2.45, 2.75) is 20.8 Å². The largest absolute Gasteiger partial charge is 2.00 e. The molecule has 0 aromatic heterocycles. The molecule has 0 aliphatic heterocycles. The summed E-state index contributed by atoms with van der Waals surface area (Å²) in [4.78, 5) is 26.7. The summed E-state index contributed by atoms with van der Waals surface area (Å²) in [6.45, 7) is 2.92. The van der Waals surface area contributed by atoms with Crippen molar-refractivity contribution < 1.29 is 57.4 Å². The van der Waals surface area contributed by atoms with Gasteiger partial charge in [0.05, 0.1) is 0 Å². The number of aliphatic carboxylic acids is 3. The summed E-state index contributed by atoms with van der Waals surface area (Å²) in [6, 6.07) is 0.